The number of rotatable bonds is 6. The van der Waals surface area contributed by atoms with Crippen LogP contribution >= 0.6 is 0 Å². The van der Waals surface area contributed by atoms with E-state index < -0.39 is 15.6 Å². The standard InChI is InChI=1S/C7H15O4S/c1-2-3-4-5-6-7(8)12(9,10)11/h7H,2-6H2,1H3,(H,9,10,11). The fourth-order valence-electron chi connectivity index (χ4n) is 0.887. The molecule has 1 radical (unpaired) electrons. The second-order valence-electron chi connectivity index (χ2n) is 2.79. The highest BCUT2D eigenvalue weighted by molar-refractivity contribution is 7.86. The molecule has 1 atom stereocenters. The maximum Gasteiger partial charge on any atom is 0.295 e. The Morgan fingerprint density at radius 1 is 1.25 bits per heavy atom. The van der Waals surface area contributed by atoms with E-state index >= 15 is 0 Å². The molecule has 0 aromatic carbocycles. The van der Waals surface area contributed by atoms with Crippen LogP contribution in [-0.4, -0.2) is 18.4 Å². The summed E-state index contributed by atoms with van der Waals surface area (Å²) in [6, 6.07) is 0. The molecular weight excluding hydrogens is 180 g/mol. The van der Waals surface area contributed by atoms with Gasteiger partial charge in [0.15, 0.2) is 0 Å². The van der Waals surface area contributed by atoms with E-state index in [2.05, 4.69) is 0 Å². The molecule has 0 saturated heterocycles. The van der Waals surface area contributed by atoms with Gasteiger partial charge >= 0.3 is 0 Å². The molecule has 1 N–H and O–H groups in total. The first-order chi connectivity index (χ1) is 5.48. The van der Waals surface area contributed by atoms with Crippen LogP contribution in [0.2, 0.25) is 0 Å². The third-order valence-corrected chi connectivity index (χ3v) is 2.53. The van der Waals surface area contributed by atoms with Crippen LogP contribution in [0.3, 0.4) is 0 Å². The molecule has 0 aliphatic heterocycles. The van der Waals surface area contributed by atoms with Crippen molar-refractivity contribution in [3.05, 3.63) is 0 Å². The van der Waals surface area contributed by atoms with E-state index in [1.807, 2.05) is 6.92 Å². The predicted octanol–water partition coefficient (Wildman–Crippen LogP) is 1.60. The van der Waals surface area contributed by atoms with Gasteiger partial charge in [-0.3, -0.25) is 4.55 Å². The lowest BCUT2D eigenvalue weighted by atomic mass is 10.2. The summed E-state index contributed by atoms with van der Waals surface area (Å²) < 4.78 is 28.8. The van der Waals surface area contributed by atoms with Crippen LogP contribution in [0.15, 0.2) is 0 Å². The minimum absolute atomic E-state index is 0.0127. The Labute approximate surface area is 73.4 Å². The number of hydrogen-bond donors (Lipinski definition) is 1. The third kappa shape index (κ3) is 5.51. The largest absolute Gasteiger partial charge is 0.295 e. The van der Waals surface area contributed by atoms with Gasteiger partial charge in [0.05, 0.1) is 0 Å². The molecule has 0 heterocycles. The van der Waals surface area contributed by atoms with E-state index in [9.17, 15) is 13.5 Å². The fourth-order valence-corrected chi connectivity index (χ4v) is 1.35. The first-order valence-electron chi connectivity index (χ1n) is 4.10. The van der Waals surface area contributed by atoms with Crippen molar-refractivity contribution in [2.45, 2.75) is 44.5 Å². The molecule has 0 amide bonds. The molecule has 0 fully saturated rings. The van der Waals surface area contributed by atoms with Crippen molar-refractivity contribution in [3.8, 4) is 0 Å². The van der Waals surface area contributed by atoms with Crippen molar-refractivity contribution < 1.29 is 18.1 Å². The minimum atomic E-state index is -4.35. The van der Waals surface area contributed by atoms with Gasteiger partial charge in [-0.1, -0.05) is 26.2 Å². The van der Waals surface area contributed by atoms with E-state index in [0.29, 0.717) is 6.42 Å². The Bertz CT molecular complexity index is 197. The van der Waals surface area contributed by atoms with Gasteiger partial charge in [0.2, 0.25) is 5.44 Å². The average Bonchev–Trinajstić information content (AvgIpc) is 1.96. The van der Waals surface area contributed by atoms with Crippen LogP contribution in [0.25, 0.3) is 0 Å². The van der Waals surface area contributed by atoms with Crippen LogP contribution in [-0.2, 0) is 15.2 Å². The number of unbranched alkanes of at least 4 members (excludes halogenated alkanes) is 3. The second kappa shape index (κ2) is 5.50. The summed E-state index contributed by atoms with van der Waals surface area (Å²) in [5.74, 6) is 0. The van der Waals surface area contributed by atoms with Gasteiger partial charge in [-0.05, 0) is 12.8 Å². The Balaban J connectivity index is 3.52. The molecule has 0 bridgehead atoms. The van der Waals surface area contributed by atoms with Gasteiger partial charge in [-0.25, -0.2) is 5.11 Å². The van der Waals surface area contributed by atoms with Crippen LogP contribution in [0.1, 0.15) is 39.0 Å². The van der Waals surface area contributed by atoms with Gasteiger partial charge in [0.1, 0.15) is 0 Å². The molecule has 4 nitrogen and oxygen atoms in total. The molecule has 1 unspecified atom stereocenters. The molecule has 0 aliphatic rings. The first-order valence-corrected chi connectivity index (χ1v) is 5.61. The summed E-state index contributed by atoms with van der Waals surface area (Å²) in [6.07, 6.45) is 3.47. The average molecular weight is 195 g/mol. The monoisotopic (exact) mass is 195 g/mol. The lowest BCUT2D eigenvalue weighted by Gasteiger charge is -2.03. The van der Waals surface area contributed by atoms with E-state index in [1.165, 1.54) is 0 Å². The fraction of sp³-hybridized carbons (Fsp3) is 1.00. The topological polar surface area (TPSA) is 74.3 Å². The molecular formula is C7H15O4S. The highest BCUT2D eigenvalue weighted by Crippen LogP contribution is 2.09. The molecule has 0 aliphatic carbocycles. The predicted molar refractivity (Wildman–Crippen MR) is 44.8 cm³/mol. The molecule has 0 spiro atoms. The van der Waals surface area contributed by atoms with Gasteiger partial charge in [0.25, 0.3) is 10.1 Å². The Kier molecular flexibility index (Phi) is 5.44. The maximum atomic E-state index is 10.7. The maximum absolute atomic E-state index is 10.7. The summed E-state index contributed by atoms with van der Waals surface area (Å²) in [5.41, 5.74) is -1.85. The van der Waals surface area contributed by atoms with Gasteiger partial charge in [-0.2, -0.15) is 8.42 Å². The summed E-state index contributed by atoms with van der Waals surface area (Å²) in [7, 11) is -4.35. The zero-order valence-corrected chi connectivity index (χ0v) is 8.01. The van der Waals surface area contributed by atoms with E-state index in [1.54, 1.807) is 0 Å². The molecule has 0 aromatic heterocycles. The molecule has 0 saturated carbocycles. The van der Waals surface area contributed by atoms with Crippen LogP contribution in [0.5, 0.6) is 0 Å². The number of hydrogen-bond acceptors (Lipinski definition) is 2. The van der Waals surface area contributed by atoms with E-state index in [4.69, 9.17) is 4.55 Å². The Hall–Kier alpha value is -0.130. The molecule has 5 heteroatoms. The highest BCUT2D eigenvalue weighted by atomic mass is 32.2. The Morgan fingerprint density at radius 3 is 2.25 bits per heavy atom. The molecule has 0 aromatic rings. The van der Waals surface area contributed by atoms with Crippen LogP contribution < -0.4 is 0 Å². The third-order valence-electron chi connectivity index (χ3n) is 1.63. The lowest BCUT2D eigenvalue weighted by molar-refractivity contribution is 0.134. The molecule has 73 valence electrons. The van der Waals surface area contributed by atoms with Crippen molar-refractivity contribution in [2.24, 2.45) is 0 Å². The van der Waals surface area contributed by atoms with E-state index in [0.717, 1.165) is 19.3 Å². The SMILES string of the molecule is CCCCCCC([O])S(=O)(=O)O. The highest BCUT2D eigenvalue weighted by Gasteiger charge is 2.20. The molecule has 12 heavy (non-hydrogen) atoms. The van der Waals surface area contributed by atoms with Gasteiger partial charge in [-0.15, -0.1) is 0 Å². The zero-order chi connectivity index (χ0) is 9.61. The van der Waals surface area contributed by atoms with Crippen molar-refractivity contribution in [2.75, 3.05) is 0 Å². The molecule has 0 rings (SSSR count). The van der Waals surface area contributed by atoms with Crippen LogP contribution in [0, 0.1) is 0 Å². The lowest BCUT2D eigenvalue weighted by Crippen LogP contribution is -2.17. The minimum Gasteiger partial charge on any atom is -0.283 e. The van der Waals surface area contributed by atoms with Crippen molar-refractivity contribution in [1.29, 1.82) is 0 Å². The van der Waals surface area contributed by atoms with Gasteiger partial charge < -0.3 is 0 Å². The van der Waals surface area contributed by atoms with Crippen molar-refractivity contribution in [1.82, 2.24) is 0 Å². The normalized spacial score (nSPS) is 14.6. The van der Waals surface area contributed by atoms with Crippen molar-refractivity contribution in [3.63, 3.8) is 0 Å². The zero-order valence-electron chi connectivity index (χ0n) is 7.19. The smallest absolute Gasteiger partial charge is 0.283 e. The van der Waals surface area contributed by atoms with Crippen molar-refractivity contribution >= 4 is 10.1 Å². The first kappa shape index (κ1) is 11.9. The summed E-state index contributed by atoms with van der Waals surface area (Å²) in [6.45, 7) is 2.03. The van der Waals surface area contributed by atoms with Gasteiger partial charge in [0, 0.05) is 0 Å². The summed E-state index contributed by atoms with van der Waals surface area (Å²) in [4.78, 5) is 0. The second-order valence-corrected chi connectivity index (χ2v) is 4.35. The van der Waals surface area contributed by atoms with E-state index in [-0.39, 0.29) is 6.42 Å². The summed E-state index contributed by atoms with van der Waals surface area (Å²) in [5, 5.41) is 10.7. The quantitative estimate of drug-likeness (QED) is 0.516. The summed E-state index contributed by atoms with van der Waals surface area (Å²) >= 11 is 0. The van der Waals surface area contributed by atoms with Crippen LogP contribution in [0.4, 0.5) is 0 Å². The Morgan fingerprint density at radius 2 is 1.83 bits per heavy atom.